The van der Waals surface area contributed by atoms with Crippen LogP contribution in [-0.2, 0) is 4.74 Å². The van der Waals surface area contributed by atoms with Gasteiger partial charge in [0.2, 0.25) is 0 Å². The van der Waals surface area contributed by atoms with Crippen LogP contribution in [0.2, 0.25) is 0 Å². The Hall–Kier alpha value is -1.79. The predicted octanol–water partition coefficient (Wildman–Crippen LogP) is 2.51. The third kappa shape index (κ3) is 5.90. The maximum atomic E-state index is 12.4. The molecule has 6 nitrogen and oxygen atoms in total. The average Bonchev–Trinajstić information content (AvgIpc) is 2.62. The van der Waals surface area contributed by atoms with Crippen LogP contribution < -0.4 is 10.1 Å². The van der Waals surface area contributed by atoms with Gasteiger partial charge >= 0.3 is 6.03 Å². The van der Waals surface area contributed by atoms with Crippen LogP contribution in [0.1, 0.15) is 30.9 Å². The Labute approximate surface area is 151 Å². The molecule has 0 radical (unpaired) electrons. The molecule has 1 aliphatic heterocycles. The minimum Gasteiger partial charge on any atom is -0.497 e. The number of carbonyl (C=O) groups is 1. The number of rotatable bonds is 7. The van der Waals surface area contributed by atoms with E-state index in [2.05, 4.69) is 10.2 Å². The molecule has 2 rings (SSSR count). The second kappa shape index (κ2) is 9.63. The highest BCUT2D eigenvalue weighted by Crippen LogP contribution is 2.21. The fourth-order valence-corrected chi connectivity index (χ4v) is 3.08. The summed E-state index contributed by atoms with van der Waals surface area (Å²) >= 11 is 0. The molecule has 6 heteroatoms. The number of hydrogen-bond donors (Lipinski definition) is 1. The number of benzene rings is 1. The monoisotopic (exact) mass is 349 g/mol. The van der Waals surface area contributed by atoms with Crippen molar-refractivity contribution in [2.24, 2.45) is 0 Å². The van der Waals surface area contributed by atoms with Crippen LogP contribution >= 0.6 is 0 Å². The molecule has 2 amide bonds. The SMILES string of the molecule is COc1ccc(C(CNC(=O)N(C)CC2CCCCO2)N(C)C)cc1. The quantitative estimate of drug-likeness (QED) is 0.822. The second-order valence-corrected chi connectivity index (χ2v) is 6.81. The van der Waals surface area contributed by atoms with Gasteiger partial charge in [-0.15, -0.1) is 0 Å². The fourth-order valence-electron chi connectivity index (χ4n) is 3.08. The van der Waals surface area contributed by atoms with Crippen molar-refractivity contribution in [3.8, 4) is 5.75 Å². The zero-order valence-corrected chi connectivity index (χ0v) is 15.8. The average molecular weight is 349 g/mol. The molecule has 0 bridgehead atoms. The van der Waals surface area contributed by atoms with Gasteiger partial charge in [0.25, 0.3) is 0 Å². The van der Waals surface area contributed by atoms with Gasteiger partial charge in [-0.25, -0.2) is 4.79 Å². The predicted molar refractivity (Wildman–Crippen MR) is 99.0 cm³/mol. The Kier molecular flexibility index (Phi) is 7.52. The highest BCUT2D eigenvalue weighted by atomic mass is 16.5. The molecule has 1 fully saturated rings. The lowest BCUT2D eigenvalue weighted by Crippen LogP contribution is -2.45. The van der Waals surface area contributed by atoms with Crippen LogP contribution in [-0.4, -0.2) is 69.9 Å². The molecule has 1 saturated heterocycles. The Morgan fingerprint density at radius 3 is 2.56 bits per heavy atom. The van der Waals surface area contributed by atoms with E-state index < -0.39 is 0 Å². The van der Waals surface area contributed by atoms with Crippen molar-refractivity contribution in [1.82, 2.24) is 15.1 Å². The highest BCUT2D eigenvalue weighted by Gasteiger charge is 2.20. The van der Waals surface area contributed by atoms with Crippen molar-refractivity contribution < 1.29 is 14.3 Å². The van der Waals surface area contributed by atoms with Gasteiger partial charge in [0, 0.05) is 26.7 Å². The maximum Gasteiger partial charge on any atom is 0.317 e. The minimum absolute atomic E-state index is 0.0606. The second-order valence-electron chi connectivity index (χ2n) is 6.81. The van der Waals surface area contributed by atoms with E-state index in [1.54, 1.807) is 12.0 Å². The van der Waals surface area contributed by atoms with Crippen molar-refractivity contribution >= 4 is 6.03 Å². The van der Waals surface area contributed by atoms with Gasteiger partial charge < -0.3 is 24.6 Å². The van der Waals surface area contributed by atoms with E-state index in [1.165, 1.54) is 6.42 Å². The molecule has 0 spiro atoms. The van der Waals surface area contributed by atoms with Crippen molar-refractivity contribution in [1.29, 1.82) is 0 Å². The summed E-state index contributed by atoms with van der Waals surface area (Å²) in [6.07, 6.45) is 3.50. The molecule has 0 aromatic heterocycles. The number of hydrogen-bond acceptors (Lipinski definition) is 4. The molecule has 2 atom stereocenters. The standard InChI is InChI=1S/C19H31N3O3/c1-21(2)18(15-8-10-16(24-4)11-9-15)13-20-19(23)22(3)14-17-7-5-6-12-25-17/h8-11,17-18H,5-7,12-14H2,1-4H3,(H,20,23). The number of likely N-dealkylation sites (N-methyl/N-ethyl adjacent to an activating group) is 2. The van der Waals surface area contributed by atoms with E-state index in [1.807, 2.05) is 45.4 Å². The zero-order chi connectivity index (χ0) is 18.2. The lowest BCUT2D eigenvalue weighted by Gasteiger charge is -2.29. The van der Waals surface area contributed by atoms with E-state index in [0.717, 1.165) is 30.8 Å². The highest BCUT2D eigenvalue weighted by molar-refractivity contribution is 5.73. The molecular formula is C19H31N3O3. The number of urea groups is 1. The largest absolute Gasteiger partial charge is 0.497 e. The Morgan fingerprint density at radius 1 is 1.28 bits per heavy atom. The molecule has 1 N–H and O–H groups in total. The van der Waals surface area contributed by atoms with Gasteiger partial charge in [-0.05, 0) is 51.1 Å². The summed E-state index contributed by atoms with van der Waals surface area (Å²) in [5.41, 5.74) is 1.14. The van der Waals surface area contributed by atoms with Crippen LogP contribution in [0.25, 0.3) is 0 Å². The molecule has 1 aliphatic rings. The first-order valence-corrected chi connectivity index (χ1v) is 8.92. The van der Waals surface area contributed by atoms with Crippen LogP contribution in [0.5, 0.6) is 5.75 Å². The smallest absolute Gasteiger partial charge is 0.317 e. The van der Waals surface area contributed by atoms with Crippen LogP contribution in [0.3, 0.4) is 0 Å². The molecule has 2 unspecified atom stereocenters. The number of amides is 2. The molecule has 140 valence electrons. The Balaban J connectivity index is 1.87. The third-order valence-corrected chi connectivity index (χ3v) is 4.67. The molecule has 0 aliphatic carbocycles. The molecule has 0 saturated carbocycles. The number of carbonyl (C=O) groups excluding carboxylic acids is 1. The summed E-state index contributed by atoms with van der Waals surface area (Å²) < 4.78 is 10.9. The first-order valence-electron chi connectivity index (χ1n) is 8.92. The first-order chi connectivity index (χ1) is 12.0. The first kappa shape index (κ1) is 19.5. The molecule has 25 heavy (non-hydrogen) atoms. The molecule has 1 aromatic rings. The summed E-state index contributed by atoms with van der Waals surface area (Å²) in [6.45, 7) is 2.00. The van der Waals surface area contributed by atoms with E-state index >= 15 is 0 Å². The summed E-state index contributed by atoms with van der Waals surface area (Å²) in [5, 5.41) is 3.04. The zero-order valence-electron chi connectivity index (χ0n) is 15.8. The maximum absolute atomic E-state index is 12.4. The van der Waals surface area contributed by atoms with E-state index in [4.69, 9.17) is 9.47 Å². The number of methoxy groups -OCH3 is 1. The summed E-state index contributed by atoms with van der Waals surface area (Å²) in [5.74, 6) is 0.831. The van der Waals surface area contributed by atoms with Gasteiger partial charge in [-0.1, -0.05) is 12.1 Å². The fraction of sp³-hybridized carbons (Fsp3) is 0.632. The van der Waals surface area contributed by atoms with Gasteiger partial charge in [0.1, 0.15) is 5.75 Å². The van der Waals surface area contributed by atoms with Crippen LogP contribution in [0.4, 0.5) is 4.79 Å². The lowest BCUT2D eigenvalue weighted by molar-refractivity contribution is 0.00380. The molecule has 1 heterocycles. The third-order valence-electron chi connectivity index (χ3n) is 4.67. The van der Waals surface area contributed by atoms with Crippen LogP contribution in [0.15, 0.2) is 24.3 Å². The number of ether oxygens (including phenoxy) is 2. The topological polar surface area (TPSA) is 54.0 Å². The van der Waals surface area contributed by atoms with E-state index in [9.17, 15) is 4.79 Å². The normalized spacial score (nSPS) is 18.7. The van der Waals surface area contributed by atoms with Crippen molar-refractivity contribution in [2.75, 3.05) is 47.9 Å². The molecule has 1 aromatic carbocycles. The number of nitrogens with one attached hydrogen (secondary N) is 1. The summed E-state index contributed by atoms with van der Waals surface area (Å²) in [6, 6.07) is 8.01. The Bertz CT molecular complexity index is 527. The Morgan fingerprint density at radius 2 is 2.00 bits per heavy atom. The van der Waals surface area contributed by atoms with Gasteiger partial charge in [0.05, 0.1) is 19.3 Å². The van der Waals surface area contributed by atoms with E-state index in [-0.39, 0.29) is 18.2 Å². The van der Waals surface area contributed by atoms with Gasteiger partial charge in [0.15, 0.2) is 0 Å². The number of nitrogens with zero attached hydrogens (tertiary/aromatic N) is 2. The van der Waals surface area contributed by atoms with Gasteiger partial charge in [-0.3, -0.25) is 0 Å². The summed E-state index contributed by atoms with van der Waals surface area (Å²) in [4.78, 5) is 16.2. The van der Waals surface area contributed by atoms with Crippen molar-refractivity contribution in [2.45, 2.75) is 31.4 Å². The summed E-state index contributed by atoms with van der Waals surface area (Å²) in [7, 11) is 7.51. The lowest BCUT2D eigenvalue weighted by atomic mass is 10.1. The van der Waals surface area contributed by atoms with Crippen molar-refractivity contribution in [3.05, 3.63) is 29.8 Å². The van der Waals surface area contributed by atoms with Crippen LogP contribution in [0, 0.1) is 0 Å². The van der Waals surface area contributed by atoms with Gasteiger partial charge in [-0.2, -0.15) is 0 Å². The minimum atomic E-state index is -0.0606. The van der Waals surface area contributed by atoms with Crippen molar-refractivity contribution in [3.63, 3.8) is 0 Å². The molecular weight excluding hydrogens is 318 g/mol. The van der Waals surface area contributed by atoms with E-state index in [0.29, 0.717) is 13.1 Å².